The second-order valence-electron chi connectivity index (χ2n) is 12.4. The number of ether oxygens (including phenoxy) is 1. The quantitative estimate of drug-likeness (QED) is 0.0461. The van der Waals surface area contributed by atoms with Gasteiger partial charge in [-0.1, -0.05) is 166 Å². The Hall–Kier alpha value is -1.84. The number of unbranched alkanes of at least 4 members (excludes halogenated alkanes) is 20. The van der Waals surface area contributed by atoms with Gasteiger partial charge >= 0.3 is 11.9 Å². The first kappa shape index (κ1) is 41.2. The summed E-state index contributed by atoms with van der Waals surface area (Å²) in [5.74, 6) is -0.815. The first-order valence-corrected chi connectivity index (χ1v) is 18.5. The van der Waals surface area contributed by atoms with Crippen LogP contribution < -0.4 is 0 Å². The number of hydrogen-bond acceptors (Lipinski definition) is 3. The number of aliphatic carboxylic acids is 1. The minimum Gasteiger partial charge on any atom is -0.481 e. The molecule has 0 rings (SSSR count). The van der Waals surface area contributed by atoms with Crippen LogP contribution in [-0.2, 0) is 14.3 Å². The Balaban J connectivity index is 3.93. The largest absolute Gasteiger partial charge is 0.481 e. The minimum atomic E-state index is -0.729. The van der Waals surface area contributed by atoms with Crippen LogP contribution in [-0.4, -0.2) is 23.1 Å². The van der Waals surface area contributed by atoms with Crippen molar-refractivity contribution in [1.82, 2.24) is 0 Å². The van der Waals surface area contributed by atoms with Gasteiger partial charge in [-0.3, -0.25) is 9.59 Å². The highest BCUT2D eigenvalue weighted by atomic mass is 16.5. The topological polar surface area (TPSA) is 63.6 Å². The van der Waals surface area contributed by atoms with Crippen LogP contribution in [0.2, 0.25) is 0 Å². The Morgan fingerprint density at radius 1 is 0.535 bits per heavy atom. The van der Waals surface area contributed by atoms with Gasteiger partial charge in [0.1, 0.15) is 6.10 Å². The fourth-order valence-electron chi connectivity index (χ4n) is 5.41. The molecule has 1 atom stereocenters. The summed E-state index contributed by atoms with van der Waals surface area (Å²) in [5.41, 5.74) is 0. The summed E-state index contributed by atoms with van der Waals surface area (Å²) in [6.45, 7) is 4.42. The van der Waals surface area contributed by atoms with Crippen LogP contribution in [0.3, 0.4) is 0 Å². The van der Waals surface area contributed by atoms with Crippen molar-refractivity contribution in [2.75, 3.05) is 0 Å². The normalized spacial score (nSPS) is 12.6. The zero-order valence-electron chi connectivity index (χ0n) is 28.5. The molecule has 4 nitrogen and oxygen atoms in total. The third kappa shape index (κ3) is 34.5. The summed E-state index contributed by atoms with van der Waals surface area (Å²) >= 11 is 0. The van der Waals surface area contributed by atoms with Gasteiger partial charge in [-0.15, -0.1) is 0 Å². The van der Waals surface area contributed by atoms with Gasteiger partial charge in [0.05, 0.1) is 0 Å². The Labute approximate surface area is 267 Å². The molecule has 0 saturated heterocycles. The highest BCUT2D eigenvalue weighted by Gasteiger charge is 2.11. The van der Waals surface area contributed by atoms with Crippen LogP contribution in [0, 0.1) is 0 Å². The van der Waals surface area contributed by atoms with Crippen molar-refractivity contribution in [2.45, 2.75) is 200 Å². The van der Waals surface area contributed by atoms with Crippen molar-refractivity contribution in [3.63, 3.8) is 0 Å². The molecule has 0 aliphatic rings. The Morgan fingerprint density at radius 2 is 0.953 bits per heavy atom. The number of rotatable bonds is 33. The molecule has 43 heavy (non-hydrogen) atoms. The maximum absolute atomic E-state index is 12.5. The van der Waals surface area contributed by atoms with Gasteiger partial charge in [0, 0.05) is 12.8 Å². The SMILES string of the molecule is CC/C=C\C/C=C\C/C=C\C(CCCCCCC(=O)O)OC(=O)CCCCCCCCCCCCCCCCCCCC. The van der Waals surface area contributed by atoms with E-state index in [9.17, 15) is 9.59 Å². The molecule has 0 aromatic heterocycles. The second-order valence-corrected chi connectivity index (χ2v) is 12.4. The third-order valence-electron chi connectivity index (χ3n) is 8.11. The van der Waals surface area contributed by atoms with Crippen LogP contribution in [0.15, 0.2) is 36.5 Å². The van der Waals surface area contributed by atoms with E-state index in [0.717, 1.165) is 57.8 Å². The third-order valence-corrected chi connectivity index (χ3v) is 8.11. The summed E-state index contributed by atoms with van der Waals surface area (Å²) in [6, 6.07) is 0. The van der Waals surface area contributed by atoms with E-state index in [4.69, 9.17) is 9.84 Å². The zero-order chi connectivity index (χ0) is 31.5. The van der Waals surface area contributed by atoms with Gasteiger partial charge in [0.15, 0.2) is 0 Å². The predicted octanol–water partition coefficient (Wildman–Crippen LogP) is 12.6. The van der Waals surface area contributed by atoms with Crippen molar-refractivity contribution >= 4 is 11.9 Å². The molecule has 0 aromatic rings. The molecule has 4 heteroatoms. The summed E-state index contributed by atoms with van der Waals surface area (Å²) in [5, 5.41) is 8.80. The number of allylic oxidation sites excluding steroid dienone is 5. The summed E-state index contributed by atoms with van der Waals surface area (Å²) in [7, 11) is 0. The fraction of sp³-hybridized carbons (Fsp3) is 0.795. The lowest BCUT2D eigenvalue weighted by atomic mass is 10.0. The minimum absolute atomic E-state index is 0.0859. The molecule has 1 unspecified atom stereocenters. The van der Waals surface area contributed by atoms with E-state index < -0.39 is 5.97 Å². The van der Waals surface area contributed by atoms with Gasteiger partial charge in [-0.2, -0.15) is 0 Å². The first-order valence-electron chi connectivity index (χ1n) is 18.5. The average molecular weight is 603 g/mol. The molecule has 0 fully saturated rings. The highest BCUT2D eigenvalue weighted by molar-refractivity contribution is 5.69. The fourth-order valence-corrected chi connectivity index (χ4v) is 5.41. The lowest BCUT2D eigenvalue weighted by molar-refractivity contribution is -0.147. The molecule has 0 aromatic carbocycles. The van der Waals surface area contributed by atoms with Crippen molar-refractivity contribution < 1.29 is 19.4 Å². The van der Waals surface area contributed by atoms with E-state index in [1.807, 2.05) is 6.08 Å². The monoisotopic (exact) mass is 603 g/mol. The summed E-state index contributed by atoms with van der Waals surface area (Å²) in [6.07, 6.45) is 44.7. The van der Waals surface area contributed by atoms with Gasteiger partial charge in [0.25, 0.3) is 0 Å². The Bertz CT molecular complexity index is 693. The van der Waals surface area contributed by atoms with Gasteiger partial charge in [0.2, 0.25) is 0 Å². The maximum Gasteiger partial charge on any atom is 0.306 e. The molecule has 0 spiro atoms. The lowest BCUT2D eigenvalue weighted by Crippen LogP contribution is -2.16. The van der Waals surface area contributed by atoms with Gasteiger partial charge < -0.3 is 9.84 Å². The van der Waals surface area contributed by atoms with Gasteiger partial charge in [-0.25, -0.2) is 0 Å². The maximum atomic E-state index is 12.5. The van der Waals surface area contributed by atoms with Crippen LogP contribution in [0.25, 0.3) is 0 Å². The van der Waals surface area contributed by atoms with E-state index in [-0.39, 0.29) is 18.5 Å². The number of hydrogen-bond donors (Lipinski definition) is 1. The second kappa shape index (κ2) is 34.6. The summed E-state index contributed by atoms with van der Waals surface area (Å²) in [4.78, 5) is 23.2. The van der Waals surface area contributed by atoms with Crippen LogP contribution >= 0.6 is 0 Å². The molecule has 1 N–H and O–H groups in total. The van der Waals surface area contributed by atoms with E-state index in [0.29, 0.717) is 12.8 Å². The molecule has 0 radical (unpaired) electrons. The number of esters is 1. The molecule has 250 valence electrons. The predicted molar refractivity (Wildman–Crippen MR) is 186 cm³/mol. The smallest absolute Gasteiger partial charge is 0.306 e. The van der Waals surface area contributed by atoms with Crippen LogP contribution in [0.5, 0.6) is 0 Å². The summed E-state index contributed by atoms with van der Waals surface area (Å²) < 4.78 is 5.83. The van der Waals surface area contributed by atoms with Crippen molar-refractivity contribution in [1.29, 1.82) is 0 Å². The molecule has 0 saturated carbocycles. The molecular formula is C39H70O4. The molecule has 0 aliphatic heterocycles. The Morgan fingerprint density at radius 3 is 1.44 bits per heavy atom. The van der Waals surface area contributed by atoms with Gasteiger partial charge in [-0.05, 0) is 51.0 Å². The molecule has 0 bridgehead atoms. The molecule has 0 amide bonds. The number of carbonyl (C=O) groups excluding carboxylic acids is 1. The van der Waals surface area contributed by atoms with Crippen molar-refractivity contribution in [2.24, 2.45) is 0 Å². The zero-order valence-corrected chi connectivity index (χ0v) is 28.5. The molecule has 0 heterocycles. The molecule has 0 aliphatic carbocycles. The molecular weight excluding hydrogens is 532 g/mol. The van der Waals surface area contributed by atoms with E-state index in [1.54, 1.807) is 0 Å². The first-order chi connectivity index (χ1) is 21.1. The van der Waals surface area contributed by atoms with E-state index in [1.165, 1.54) is 103 Å². The standard InChI is InChI=1S/C39H70O4/c1-3-5-7-9-11-13-14-15-16-17-18-19-20-21-22-24-26-32-36-39(42)43-37(34-30-27-28-31-35-38(40)41)33-29-25-23-12-10-8-6-4-2/h6,8,12,23,29,33,37H,3-5,7,9-11,13-22,24-28,30-32,34-36H2,1-2H3,(H,40,41)/b8-6-,23-12-,33-29-. The lowest BCUT2D eigenvalue weighted by Gasteiger charge is -2.14. The van der Waals surface area contributed by atoms with Crippen molar-refractivity contribution in [3.8, 4) is 0 Å². The van der Waals surface area contributed by atoms with Crippen LogP contribution in [0.1, 0.15) is 194 Å². The number of carbonyl (C=O) groups is 2. The van der Waals surface area contributed by atoms with E-state index in [2.05, 4.69) is 44.2 Å². The highest BCUT2D eigenvalue weighted by Crippen LogP contribution is 2.16. The average Bonchev–Trinajstić information content (AvgIpc) is 2.99. The van der Waals surface area contributed by atoms with E-state index >= 15 is 0 Å². The van der Waals surface area contributed by atoms with Crippen LogP contribution in [0.4, 0.5) is 0 Å². The number of carboxylic acid groups (broad SMARTS) is 1. The Kier molecular flexibility index (Phi) is 33.2. The number of carboxylic acids is 1. The van der Waals surface area contributed by atoms with Crippen molar-refractivity contribution in [3.05, 3.63) is 36.5 Å².